The quantitative estimate of drug-likeness (QED) is 0.764. The number of allylic oxidation sites excluding steroid dienone is 1. The molecule has 0 radical (unpaired) electrons. The van der Waals surface area contributed by atoms with Crippen LogP contribution in [-0.2, 0) is 13.6 Å². The molecule has 100 valence electrons. The minimum atomic E-state index is -3.22. The van der Waals surface area contributed by atoms with Crippen molar-refractivity contribution in [2.75, 3.05) is 13.2 Å². The van der Waals surface area contributed by atoms with Gasteiger partial charge < -0.3 is 0 Å². The van der Waals surface area contributed by atoms with Crippen LogP contribution in [0.15, 0.2) is 36.5 Å². The van der Waals surface area contributed by atoms with E-state index in [1.807, 2.05) is 37.3 Å². The molecule has 1 rings (SSSR count). The van der Waals surface area contributed by atoms with E-state index in [9.17, 15) is 4.57 Å². The first-order valence-corrected chi connectivity index (χ1v) is 7.54. The van der Waals surface area contributed by atoms with Crippen molar-refractivity contribution in [2.45, 2.75) is 20.8 Å². The number of benzene rings is 1. The average molecular weight is 269 g/mol. The van der Waals surface area contributed by atoms with Crippen molar-refractivity contribution in [1.29, 1.82) is 0 Å². The third-order valence-electron chi connectivity index (χ3n) is 2.27. The first-order valence-electron chi connectivity index (χ1n) is 6.00. The van der Waals surface area contributed by atoms with Crippen molar-refractivity contribution in [3.63, 3.8) is 0 Å². The number of hydrogen-bond acceptors (Lipinski definition) is 3. The maximum absolute atomic E-state index is 12.1. The molecule has 1 aromatic carbocycles. The zero-order valence-electron chi connectivity index (χ0n) is 11.1. The summed E-state index contributed by atoms with van der Waals surface area (Å²) < 4.78 is 22.4. The summed E-state index contributed by atoms with van der Waals surface area (Å²) in [5.74, 6) is 0. The standard InChI is InChI=1S/C13H20NO3P/c1-4-16-18(15,17-5-2)14-11-12(3)13-9-7-6-8-10-13/h6-11H,4-5H2,1-3H3,(H,14,15)/b12-11-. The summed E-state index contributed by atoms with van der Waals surface area (Å²) in [6, 6.07) is 9.84. The van der Waals surface area contributed by atoms with Crippen LogP contribution in [0.4, 0.5) is 0 Å². The Kier molecular flexibility index (Phi) is 6.13. The van der Waals surface area contributed by atoms with Crippen LogP contribution < -0.4 is 5.09 Å². The van der Waals surface area contributed by atoms with E-state index in [1.54, 1.807) is 20.0 Å². The van der Waals surface area contributed by atoms with Crippen molar-refractivity contribution in [3.8, 4) is 0 Å². The molecule has 1 aromatic rings. The Morgan fingerprint density at radius 1 is 1.22 bits per heavy atom. The van der Waals surface area contributed by atoms with Crippen molar-refractivity contribution in [1.82, 2.24) is 5.09 Å². The molecule has 0 atom stereocenters. The molecule has 0 fully saturated rings. The Balaban J connectivity index is 2.74. The molecule has 0 amide bonds. The summed E-state index contributed by atoms with van der Waals surface area (Å²) in [5.41, 5.74) is 2.03. The first kappa shape index (κ1) is 15.0. The molecule has 0 unspecified atom stereocenters. The molecule has 0 bridgehead atoms. The highest BCUT2D eigenvalue weighted by Gasteiger charge is 2.21. The molecule has 0 aliphatic carbocycles. The molecule has 0 aliphatic rings. The van der Waals surface area contributed by atoms with Crippen LogP contribution in [0.2, 0.25) is 0 Å². The van der Waals surface area contributed by atoms with Crippen molar-refractivity contribution in [2.24, 2.45) is 0 Å². The van der Waals surface area contributed by atoms with Crippen molar-refractivity contribution in [3.05, 3.63) is 42.1 Å². The lowest BCUT2D eigenvalue weighted by atomic mass is 10.1. The highest BCUT2D eigenvalue weighted by atomic mass is 31.2. The molecule has 4 nitrogen and oxygen atoms in total. The van der Waals surface area contributed by atoms with Gasteiger partial charge in [-0.1, -0.05) is 30.3 Å². The fourth-order valence-electron chi connectivity index (χ4n) is 1.41. The Hall–Kier alpha value is -1.09. The van der Waals surface area contributed by atoms with E-state index in [0.29, 0.717) is 13.2 Å². The summed E-state index contributed by atoms with van der Waals surface area (Å²) in [7, 11) is -3.22. The lowest BCUT2D eigenvalue weighted by Crippen LogP contribution is -2.09. The van der Waals surface area contributed by atoms with Crippen molar-refractivity contribution >= 4 is 13.3 Å². The summed E-state index contributed by atoms with van der Waals surface area (Å²) >= 11 is 0. The van der Waals surface area contributed by atoms with E-state index >= 15 is 0 Å². The lowest BCUT2D eigenvalue weighted by molar-refractivity contribution is 0.214. The first-order chi connectivity index (χ1) is 8.61. The smallest absolute Gasteiger partial charge is 0.299 e. The highest BCUT2D eigenvalue weighted by molar-refractivity contribution is 7.51. The van der Waals surface area contributed by atoms with Gasteiger partial charge >= 0.3 is 7.75 Å². The normalized spacial score (nSPS) is 12.5. The third kappa shape index (κ3) is 4.65. The Bertz CT molecular complexity index is 421. The molecule has 5 heteroatoms. The summed E-state index contributed by atoms with van der Waals surface area (Å²) in [6.45, 7) is 6.16. The minimum absolute atomic E-state index is 0.336. The van der Waals surface area contributed by atoms with Gasteiger partial charge in [-0.3, -0.25) is 14.1 Å². The van der Waals surface area contributed by atoms with Gasteiger partial charge in [-0.25, -0.2) is 4.57 Å². The predicted octanol–water partition coefficient (Wildman–Crippen LogP) is 3.82. The molecular formula is C13H20NO3P. The molecule has 0 saturated heterocycles. The zero-order chi connectivity index (χ0) is 13.4. The van der Waals surface area contributed by atoms with E-state index in [2.05, 4.69) is 5.09 Å². The topological polar surface area (TPSA) is 47.6 Å². The lowest BCUT2D eigenvalue weighted by Gasteiger charge is -2.16. The fraction of sp³-hybridized carbons (Fsp3) is 0.385. The van der Waals surface area contributed by atoms with E-state index < -0.39 is 7.75 Å². The van der Waals surface area contributed by atoms with Crippen LogP contribution in [0.1, 0.15) is 26.3 Å². The third-order valence-corrected chi connectivity index (χ3v) is 3.91. The van der Waals surface area contributed by atoms with Gasteiger partial charge in [0, 0.05) is 6.20 Å². The van der Waals surface area contributed by atoms with Gasteiger partial charge in [0.25, 0.3) is 0 Å². The molecule has 0 saturated carbocycles. The van der Waals surface area contributed by atoms with E-state index in [-0.39, 0.29) is 0 Å². The van der Waals surface area contributed by atoms with Crippen LogP contribution in [0.5, 0.6) is 0 Å². The predicted molar refractivity (Wildman–Crippen MR) is 74.1 cm³/mol. The number of hydrogen-bond donors (Lipinski definition) is 1. The van der Waals surface area contributed by atoms with Gasteiger partial charge in [-0.2, -0.15) is 0 Å². The Labute approximate surface area is 109 Å². The molecule has 1 N–H and O–H groups in total. The maximum Gasteiger partial charge on any atom is 0.432 e. The van der Waals surface area contributed by atoms with Gasteiger partial charge in [0.2, 0.25) is 0 Å². The van der Waals surface area contributed by atoms with Gasteiger partial charge in [0.05, 0.1) is 13.2 Å². The maximum atomic E-state index is 12.1. The average Bonchev–Trinajstić information content (AvgIpc) is 2.38. The second kappa shape index (κ2) is 7.37. The van der Waals surface area contributed by atoms with Crippen molar-refractivity contribution < 1.29 is 13.6 Å². The SMILES string of the molecule is CCOP(=O)(N/C=C(/C)c1ccccc1)OCC. The van der Waals surface area contributed by atoms with Crippen LogP contribution in [0.3, 0.4) is 0 Å². The zero-order valence-corrected chi connectivity index (χ0v) is 11.9. The van der Waals surface area contributed by atoms with Gasteiger partial charge in [0.1, 0.15) is 0 Å². The Morgan fingerprint density at radius 2 is 1.78 bits per heavy atom. The number of rotatable bonds is 7. The number of nitrogens with one attached hydrogen (secondary N) is 1. The molecule has 0 heterocycles. The Morgan fingerprint density at radius 3 is 2.28 bits per heavy atom. The van der Waals surface area contributed by atoms with E-state index in [1.165, 1.54) is 0 Å². The molecule has 18 heavy (non-hydrogen) atoms. The van der Waals surface area contributed by atoms with E-state index in [4.69, 9.17) is 9.05 Å². The largest absolute Gasteiger partial charge is 0.432 e. The molecule has 0 aromatic heterocycles. The monoisotopic (exact) mass is 269 g/mol. The van der Waals surface area contributed by atoms with Crippen LogP contribution in [-0.4, -0.2) is 13.2 Å². The summed E-state index contributed by atoms with van der Waals surface area (Å²) in [4.78, 5) is 0. The van der Waals surface area contributed by atoms with Crippen LogP contribution >= 0.6 is 7.75 Å². The second-order valence-electron chi connectivity index (χ2n) is 3.66. The molecule has 0 aliphatic heterocycles. The van der Waals surface area contributed by atoms with Gasteiger partial charge in [-0.15, -0.1) is 0 Å². The minimum Gasteiger partial charge on any atom is -0.299 e. The summed E-state index contributed by atoms with van der Waals surface area (Å²) in [6.07, 6.45) is 1.67. The highest BCUT2D eigenvalue weighted by Crippen LogP contribution is 2.43. The molecular weight excluding hydrogens is 249 g/mol. The van der Waals surface area contributed by atoms with Crippen LogP contribution in [0, 0.1) is 0 Å². The second-order valence-corrected chi connectivity index (χ2v) is 5.43. The summed E-state index contributed by atoms with van der Waals surface area (Å²) in [5, 5.41) is 2.75. The fourth-order valence-corrected chi connectivity index (χ4v) is 2.67. The van der Waals surface area contributed by atoms with Crippen LogP contribution in [0.25, 0.3) is 5.57 Å². The van der Waals surface area contributed by atoms with Gasteiger partial charge in [0.15, 0.2) is 0 Å². The van der Waals surface area contributed by atoms with E-state index in [0.717, 1.165) is 11.1 Å². The molecule has 0 spiro atoms. The van der Waals surface area contributed by atoms with Gasteiger partial charge in [-0.05, 0) is 31.9 Å².